The molecule has 6 nitrogen and oxygen atoms in total. The van der Waals surface area contributed by atoms with Crippen molar-refractivity contribution in [2.45, 2.75) is 182 Å². The van der Waals surface area contributed by atoms with Gasteiger partial charge < -0.3 is 15.2 Å². The van der Waals surface area contributed by atoms with Crippen LogP contribution in [0.2, 0.25) is 0 Å². The lowest BCUT2D eigenvalue weighted by molar-refractivity contribution is -0.121. The Balaban J connectivity index is 1.20. The molecule has 0 fully saturated rings. The standard InChI is InChI=1S/C45H69N5O/c1-6-8-10-11-12-13-14-15-16-17-18-19-20-21-22-23-29-41(51)46-34-36-30-32-37(33-31-36)35-50-40(28-9-7-2)48-42-43(50)38-26-24-25-27-39(38)47-44(42)49-45(3,4)5/h24-27,30-33H,6-23,28-29,34-35H2,1-5H3,(H,46,51)(H,47,49). The van der Waals surface area contributed by atoms with E-state index >= 15 is 0 Å². The highest BCUT2D eigenvalue weighted by molar-refractivity contribution is 6.07. The Kier molecular flexibility index (Phi) is 17.3. The van der Waals surface area contributed by atoms with Crippen molar-refractivity contribution in [2.75, 3.05) is 5.32 Å². The molecule has 0 saturated carbocycles. The minimum atomic E-state index is -0.132. The third-order valence-corrected chi connectivity index (χ3v) is 10.0. The van der Waals surface area contributed by atoms with Gasteiger partial charge in [0, 0.05) is 36.9 Å². The van der Waals surface area contributed by atoms with E-state index in [1.54, 1.807) is 0 Å². The lowest BCUT2D eigenvalue weighted by Crippen LogP contribution is -2.26. The van der Waals surface area contributed by atoms with Crippen molar-refractivity contribution in [3.8, 4) is 0 Å². The molecule has 280 valence electrons. The van der Waals surface area contributed by atoms with Crippen LogP contribution in [-0.4, -0.2) is 26.0 Å². The normalized spacial score (nSPS) is 11.9. The smallest absolute Gasteiger partial charge is 0.220 e. The van der Waals surface area contributed by atoms with Crippen LogP contribution in [0.3, 0.4) is 0 Å². The molecule has 1 amide bonds. The molecule has 2 heterocycles. The van der Waals surface area contributed by atoms with Crippen molar-refractivity contribution < 1.29 is 4.79 Å². The summed E-state index contributed by atoms with van der Waals surface area (Å²) in [6, 6.07) is 17.1. The van der Waals surface area contributed by atoms with Crippen molar-refractivity contribution >= 4 is 33.7 Å². The second-order valence-corrected chi connectivity index (χ2v) is 15.9. The molecule has 0 spiro atoms. The predicted molar refractivity (Wildman–Crippen MR) is 219 cm³/mol. The molecule has 4 aromatic rings. The van der Waals surface area contributed by atoms with E-state index in [2.05, 4.69) is 98.4 Å². The highest BCUT2D eigenvalue weighted by atomic mass is 16.1. The fraction of sp³-hybridized carbons (Fsp3) is 0.622. The number of carbonyl (C=O) groups is 1. The molecule has 4 rings (SSSR count). The Bertz CT molecular complexity index is 1580. The number of hydrogen-bond donors (Lipinski definition) is 2. The average molecular weight is 696 g/mol. The fourth-order valence-corrected chi connectivity index (χ4v) is 7.09. The number of pyridine rings is 1. The van der Waals surface area contributed by atoms with Gasteiger partial charge in [0.1, 0.15) is 11.3 Å². The Morgan fingerprint density at radius 3 is 1.80 bits per heavy atom. The van der Waals surface area contributed by atoms with Gasteiger partial charge in [0.05, 0.1) is 11.0 Å². The van der Waals surface area contributed by atoms with Crippen LogP contribution >= 0.6 is 0 Å². The Morgan fingerprint density at radius 2 is 1.22 bits per heavy atom. The van der Waals surface area contributed by atoms with Crippen LogP contribution in [0.1, 0.15) is 174 Å². The number of aryl methyl sites for hydroxylation is 1. The van der Waals surface area contributed by atoms with E-state index < -0.39 is 0 Å². The molecule has 51 heavy (non-hydrogen) atoms. The lowest BCUT2D eigenvalue weighted by atomic mass is 10.0. The maximum absolute atomic E-state index is 12.6. The van der Waals surface area contributed by atoms with Gasteiger partial charge in [-0.25, -0.2) is 9.97 Å². The summed E-state index contributed by atoms with van der Waals surface area (Å²) < 4.78 is 2.40. The summed E-state index contributed by atoms with van der Waals surface area (Å²) in [4.78, 5) is 22.8. The Morgan fingerprint density at radius 1 is 0.667 bits per heavy atom. The van der Waals surface area contributed by atoms with Crippen LogP contribution in [0.4, 0.5) is 5.82 Å². The summed E-state index contributed by atoms with van der Waals surface area (Å²) in [7, 11) is 0. The number of hydrogen-bond acceptors (Lipinski definition) is 4. The van der Waals surface area contributed by atoms with Crippen molar-refractivity contribution in [1.82, 2.24) is 19.9 Å². The topological polar surface area (TPSA) is 71.8 Å². The van der Waals surface area contributed by atoms with E-state index in [1.807, 2.05) is 0 Å². The van der Waals surface area contributed by atoms with Gasteiger partial charge in [0.15, 0.2) is 5.82 Å². The van der Waals surface area contributed by atoms with Crippen LogP contribution in [0.15, 0.2) is 48.5 Å². The minimum Gasteiger partial charge on any atom is -0.364 e. The molecule has 2 aromatic carbocycles. The SMILES string of the molecule is CCCCCCCCCCCCCCCCCCC(=O)NCc1ccc(Cn2c(CCCC)nc3c(NC(C)(C)C)nc4ccccc4c32)cc1. The molecule has 0 aliphatic heterocycles. The number of unbranched alkanes of at least 4 members (excludes halogenated alkanes) is 16. The zero-order chi connectivity index (χ0) is 36.3. The molecule has 0 aliphatic rings. The molecular weight excluding hydrogens is 627 g/mol. The number of anilines is 1. The van der Waals surface area contributed by atoms with Gasteiger partial charge in [-0.1, -0.05) is 159 Å². The number of fused-ring (bicyclic) bond motifs is 3. The second kappa shape index (κ2) is 21.8. The molecule has 2 N–H and O–H groups in total. The Hall–Kier alpha value is -3.41. The summed E-state index contributed by atoms with van der Waals surface area (Å²) in [6.07, 6.45) is 25.3. The maximum atomic E-state index is 12.6. The van der Waals surface area contributed by atoms with Gasteiger partial charge in [-0.2, -0.15) is 0 Å². The molecular formula is C45H69N5O. The van der Waals surface area contributed by atoms with Crippen LogP contribution in [0.5, 0.6) is 0 Å². The van der Waals surface area contributed by atoms with Gasteiger partial charge in [-0.15, -0.1) is 0 Å². The first kappa shape index (κ1) is 40.4. The third kappa shape index (κ3) is 13.9. The number of carbonyl (C=O) groups excluding carboxylic acids is 1. The fourth-order valence-electron chi connectivity index (χ4n) is 7.09. The van der Waals surface area contributed by atoms with Crippen molar-refractivity contribution in [2.24, 2.45) is 0 Å². The second-order valence-electron chi connectivity index (χ2n) is 15.9. The first-order chi connectivity index (χ1) is 24.8. The lowest BCUT2D eigenvalue weighted by Gasteiger charge is -2.22. The van der Waals surface area contributed by atoms with Gasteiger partial charge in [0.2, 0.25) is 5.91 Å². The van der Waals surface area contributed by atoms with Gasteiger partial charge in [-0.3, -0.25) is 4.79 Å². The Labute approximate surface area is 310 Å². The van der Waals surface area contributed by atoms with E-state index in [1.165, 1.54) is 95.5 Å². The predicted octanol–water partition coefficient (Wildman–Crippen LogP) is 12.5. The van der Waals surface area contributed by atoms with E-state index in [-0.39, 0.29) is 11.4 Å². The number of rotatable bonds is 25. The summed E-state index contributed by atoms with van der Waals surface area (Å²) in [5.74, 6) is 2.11. The average Bonchev–Trinajstić information content (AvgIpc) is 3.48. The molecule has 0 atom stereocenters. The number of amides is 1. The van der Waals surface area contributed by atoms with E-state index in [0.29, 0.717) is 13.0 Å². The number of nitrogens with zero attached hydrogens (tertiary/aromatic N) is 3. The van der Waals surface area contributed by atoms with Gasteiger partial charge in [0.25, 0.3) is 0 Å². The minimum absolute atomic E-state index is 0.132. The van der Waals surface area contributed by atoms with E-state index in [0.717, 1.165) is 77.8 Å². The number of para-hydroxylation sites is 1. The number of aromatic nitrogens is 3. The molecule has 0 unspecified atom stereocenters. The molecule has 0 saturated heterocycles. The van der Waals surface area contributed by atoms with Gasteiger partial charge in [-0.05, 0) is 50.8 Å². The number of benzene rings is 2. The number of nitrogens with one attached hydrogen (secondary N) is 2. The first-order valence-corrected chi connectivity index (χ1v) is 20.7. The summed E-state index contributed by atoms with van der Waals surface area (Å²) in [5.41, 5.74) is 5.29. The van der Waals surface area contributed by atoms with Crippen LogP contribution in [-0.2, 0) is 24.3 Å². The molecule has 0 radical (unpaired) electrons. The van der Waals surface area contributed by atoms with E-state index in [4.69, 9.17) is 9.97 Å². The summed E-state index contributed by atoms with van der Waals surface area (Å²) in [6.45, 7) is 12.3. The highest BCUT2D eigenvalue weighted by Crippen LogP contribution is 2.32. The third-order valence-electron chi connectivity index (χ3n) is 10.0. The quantitative estimate of drug-likeness (QED) is 0.0677. The van der Waals surface area contributed by atoms with Crippen molar-refractivity contribution in [3.63, 3.8) is 0 Å². The molecule has 0 aliphatic carbocycles. The molecule has 0 bridgehead atoms. The monoisotopic (exact) mass is 696 g/mol. The van der Waals surface area contributed by atoms with Crippen LogP contribution in [0.25, 0.3) is 21.9 Å². The van der Waals surface area contributed by atoms with Crippen molar-refractivity contribution in [1.29, 1.82) is 0 Å². The first-order valence-electron chi connectivity index (χ1n) is 20.7. The molecule has 2 aromatic heterocycles. The summed E-state index contributed by atoms with van der Waals surface area (Å²) in [5, 5.41) is 7.91. The van der Waals surface area contributed by atoms with Gasteiger partial charge >= 0.3 is 0 Å². The van der Waals surface area contributed by atoms with Crippen LogP contribution in [0, 0.1) is 0 Å². The zero-order valence-electron chi connectivity index (χ0n) is 32.9. The van der Waals surface area contributed by atoms with E-state index in [9.17, 15) is 4.79 Å². The zero-order valence-corrected chi connectivity index (χ0v) is 32.9. The van der Waals surface area contributed by atoms with Crippen molar-refractivity contribution in [3.05, 3.63) is 65.5 Å². The molecule has 6 heteroatoms. The van der Waals surface area contributed by atoms with Crippen LogP contribution < -0.4 is 10.6 Å². The highest BCUT2D eigenvalue weighted by Gasteiger charge is 2.21. The largest absolute Gasteiger partial charge is 0.364 e. The summed E-state index contributed by atoms with van der Waals surface area (Å²) >= 11 is 0. The number of imidazole rings is 1. The maximum Gasteiger partial charge on any atom is 0.220 e.